The summed E-state index contributed by atoms with van der Waals surface area (Å²) in [6.45, 7) is 4.77. The molecule has 1 aromatic heterocycles. The Morgan fingerprint density at radius 2 is 1.79 bits per heavy atom. The molecule has 0 bridgehead atoms. The summed E-state index contributed by atoms with van der Waals surface area (Å²) in [4.78, 5) is 28.5. The first kappa shape index (κ1) is 20.3. The van der Waals surface area contributed by atoms with E-state index >= 15 is 0 Å². The lowest BCUT2D eigenvalue weighted by molar-refractivity contribution is -0.121. The lowest BCUT2D eigenvalue weighted by Crippen LogP contribution is -2.32. The second-order valence-corrected chi connectivity index (χ2v) is 7.13. The number of carbonyl (C=O) groups excluding carboxylic acids is 1. The number of aromatic nitrogens is 2. The predicted octanol–water partition coefficient (Wildman–Crippen LogP) is 3.26. The summed E-state index contributed by atoms with van der Waals surface area (Å²) in [6, 6.07) is 19.0. The second-order valence-electron chi connectivity index (χ2n) is 7.13. The number of rotatable bonds is 8. The molecule has 3 aromatic rings. The van der Waals surface area contributed by atoms with Crippen molar-refractivity contribution in [3.05, 3.63) is 94.2 Å². The van der Waals surface area contributed by atoms with Crippen LogP contribution in [0.4, 0.5) is 0 Å². The van der Waals surface area contributed by atoms with Crippen molar-refractivity contribution in [2.75, 3.05) is 0 Å². The molecule has 6 nitrogen and oxygen atoms in total. The van der Waals surface area contributed by atoms with Gasteiger partial charge in [-0.3, -0.25) is 14.2 Å². The third kappa shape index (κ3) is 6.04. The third-order valence-corrected chi connectivity index (χ3v) is 4.47. The number of amides is 1. The summed E-state index contributed by atoms with van der Waals surface area (Å²) in [5.41, 5.74) is 2.56. The highest BCUT2D eigenvalue weighted by atomic mass is 16.5. The minimum absolute atomic E-state index is 0.0531. The van der Waals surface area contributed by atoms with E-state index in [1.54, 1.807) is 0 Å². The topological polar surface area (TPSA) is 73.2 Å². The van der Waals surface area contributed by atoms with Gasteiger partial charge in [-0.2, -0.15) is 0 Å². The fraction of sp³-hybridized carbons (Fsp3) is 0.261. The quantitative estimate of drug-likeness (QED) is 0.640. The highest BCUT2D eigenvalue weighted by molar-refractivity contribution is 5.75. The molecule has 1 heterocycles. The first-order valence-electron chi connectivity index (χ1n) is 9.60. The Hall–Kier alpha value is -3.41. The molecule has 0 aliphatic carbocycles. The summed E-state index contributed by atoms with van der Waals surface area (Å²) < 4.78 is 7.07. The van der Waals surface area contributed by atoms with Crippen molar-refractivity contribution in [1.29, 1.82) is 0 Å². The number of carbonyl (C=O) groups is 1. The largest absolute Gasteiger partial charge is 0.489 e. The van der Waals surface area contributed by atoms with Crippen LogP contribution in [0.3, 0.4) is 0 Å². The molecule has 0 aliphatic rings. The zero-order valence-corrected chi connectivity index (χ0v) is 16.7. The molecule has 29 heavy (non-hydrogen) atoms. The van der Waals surface area contributed by atoms with Gasteiger partial charge in [0.25, 0.3) is 5.56 Å². The van der Waals surface area contributed by atoms with Crippen LogP contribution in [0.15, 0.2) is 71.8 Å². The zero-order valence-electron chi connectivity index (χ0n) is 16.7. The Labute approximate surface area is 170 Å². The maximum Gasteiger partial charge on any atom is 0.254 e. The van der Waals surface area contributed by atoms with Gasteiger partial charge in [-0.05, 0) is 29.2 Å². The average Bonchev–Trinajstić information content (AvgIpc) is 2.73. The van der Waals surface area contributed by atoms with E-state index in [-0.39, 0.29) is 23.9 Å². The van der Waals surface area contributed by atoms with Gasteiger partial charge in [0.05, 0.1) is 12.0 Å². The second kappa shape index (κ2) is 9.68. The highest BCUT2D eigenvalue weighted by Crippen LogP contribution is 2.14. The van der Waals surface area contributed by atoms with Crippen molar-refractivity contribution >= 4 is 5.91 Å². The Morgan fingerprint density at radius 3 is 2.45 bits per heavy atom. The van der Waals surface area contributed by atoms with Crippen LogP contribution in [0.25, 0.3) is 0 Å². The molecule has 0 saturated heterocycles. The molecule has 150 valence electrons. The molecular weight excluding hydrogens is 366 g/mol. The smallest absolute Gasteiger partial charge is 0.254 e. The molecule has 1 N–H and O–H groups in total. The van der Waals surface area contributed by atoms with E-state index in [0.29, 0.717) is 13.2 Å². The molecule has 0 radical (unpaired) electrons. The first-order valence-corrected chi connectivity index (χ1v) is 9.60. The standard InChI is InChI=1S/C23H25N3O3/c1-17(2)21-12-23(28)26(16-25-21)14-22(27)24-13-18-8-10-20(11-9-18)29-15-19-6-4-3-5-7-19/h3-12,16-17H,13-15H2,1-2H3,(H,24,27). The van der Waals surface area contributed by atoms with E-state index in [2.05, 4.69) is 10.3 Å². The number of ether oxygens (including phenoxy) is 1. The lowest BCUT2D eigenvalue weighted by atomic mass is 10.1. The van der Waals surface area contributed by atoms with Crippen molar-refractivity contribution < 1.29 is 9.53 Å². The molecular formula is C23H25N3O3. The maximum atomic E-state index is 12.2. The van der Waals surface area contributed by atoms with Crippen LogP contribution in [-0.2, 0) is 24.5 Å². The number of benzene rings is 2. The Balaban J connectivity index is 1.48. The molecule has 1 amide bonds. The van der Waals surface area contributed by atoms with Gasteiger partial charge in [-0.1, -0.05) is 56.3 Å². The van der Waals surface area contributed by atoms with Crippen molar-refractivity contribution in [3.8, 4) is 5.75 Å². The van der Waals surface area contributed by atoms with E-state index in [0.717, 1.165) is 22.6 Å². The van der Waals surface area contributed by atoms with Crippen LogP contribution >= 0.6 is 0 Å². The van der Waals surface area contributed by atoms with Crippen LogP contribution in [0.1, 0.15) is 36.6 Å². The number of nitrogens with one attached hydrogen (secondary N) is 1. The monoisotopic (exact) mass is 391 g/mol. The molecule has 0 unspecified atom stereocenters. The van der Waals surface area contributed by atoms with Crippen molar-refractivity contribution in [2.45, 2.75) is 39.5 Å². The van der Waals surface area contributed by atoms with Gasteiger partial charge in [-0.15, -0.1) is 0 Å². The Kier molecular flexibility index (Phi) is 6.79. The third-order valence-electron chi connectivity index (χ3n) is 4.47. The number of hydrogen-bond acceptors (Lipinski definition) is 4. The van der Waals surface area contributed by atoms with E-state index < -0.39 is 0 Å². The van der Waals surface area contributed by atoms with Crippen LogP contribution in [0.2, 0.25) is 0 Å². The van der Waals surface area contributed by atoms with Crippen molar-refractivity contribution in [2.24, 2.45) is 0 Å². The van der Waals surface area contributed by atoms with Gasteiger partial charge in [0.1, 0.15) is 18.9 Å². The zero-order chi connectivity index (χ0) is 20.6. The van der Waals surface area contributed by atoms with Crippen LogP contribution in [0.5, 0.6) is 5.75 Å². The van der Waals surface area contributed by atoms with E-state index in [4.69, 9.17) is 4.74 Å². The fourth-order valence-electron chi connectivity index (χ4n) is 2.73. The fourth-order valence-corrected chi connectivity index (χ4v) is 2.73. The van der Waals surface area contributed by atoms with Gasteiger partial charge in [-0.25, -0.2) is 4.98 Å². The maximum absolute atomic E-state index is 12.2. The Bertz CT molecular complexity index is 996. The molecule has 3 rings (SSSR count). The van der Waals surface area contributed by atoms with E-state index in [1.165, 1.54) is 17.0 Å². The molecule has 0 spiro atoms. The summed E-state index contributed by atoms with van der Waals surface area (Å²) >= 11 is 0. The molecule has 0 fully saturated rings. The van der Waals surface area contributed by atoms with Gasteiger partial charge < -0.3 is 10.1 Å². The van der Waals surface area contributed by atoms with E-state index in [1.807, 2.05) is 68.4 Å². The summed E-state index contributed by atoms with van der Waals surface area (Å²) in [5.74, 6) is 0.702. The van der Waals surface area contributed by atoms with Crippen molar-refractivity contribution in [3.63, 3.8) is 0 Å². The van der Waals surface area contributed by atoms with Gasteiger partial charge in [0.2, 0.25) is 5.91 Å². The summed E-state index contributed by atoms with van der Waals surface area (Å²) in [7, 11) is 0. The minimum Gasteiger partial charge on any atom is -0.489 e. The molecule has 0 saturated carbocycles. The molecule has 2 aromatic carbocycles. The number of hydrogen-bond donors (Lipinski definition) is 1. The molecule has 0 aliphatic heterocycles. The van der Waals surface area contributed by atoms with Gasteiger partial charge in [0.15, 0.2) is 0 Å². The van der Waals surface area contributed by atoms with Crippen LogP contribution in [0, 0.1) is 0 Å². The Morgan fingerprint density at radius 1 is 1.07 bits per heavy atom. The normalized spacial score (nSPS) is 10.7. The lowest BCUT2D eigenvalue weighted by Gasteiger charge is -2.10. The van der Waals surface area contributed by atoms with Gasteiger partial charge in [0, 0.05) is 12.6 Å². The average molecular weight is 391 g/mol. The summed E-state index contributed by atoms with van der Waals surface area (Å²) in [5, 5.41) is 2.82. The SMILES string of the molecule is CC(C)c1cc(=O)n(CC(=O)NCc2ccc(OCc3ccccc3)cc2)cn1. The highest BCUT2D eigenvalue weighted by Gasteiger charge is 2.08. The van der Waals surface area contributed by atoms with E-state index in [9.17, 15) is 9.59 Å². The minimum atomic E-state index is -0.240. The summed E-state index contributed by atoms with van der Waals surface area (Å²) in [6.07, 6.45) is 1.43. The molecule has 0 atom stereocenters. The van der Waals surface area contributed by atoms with Crippen LogP contribution < -0.4 is 15.6 Å². The van der Waals surface area contributed by atoms with Crippen molar-refractivity contribution in [1.82, 2.24) is 14.9 Å². The molecule has 6 heteroatoms. The van der Waals surface area contributed by atoms with Crippen LogP contribution in [-0.4, -0.2) is 15.5 Å². The predicted molar refractivity (Wildman–Crippen MR) is 112 cm³/mol. The number of nitrogens with zero attached hydrogens (tertiary/aromatic N) is 2. The first-order chi connectivity index (χ1) is 14.0. The van der Waals surface area contributed by atoms with Gasteiger partial charge >= 0.3 is 0 Å².